The van der Waals surface area contributed by atoms with Crippen LogP contribution in [0.1, 0.15) is 17.3 Å². The van der Waals surface area contributed by atoms with E-state index in [1.807, 2.05) is 0 Å². The number of rotatable bonds is 4. The van der Waals surface area contributed by atoms with Gasteiger partial charge < -0.3 is 0 Å². The molecule has 0 aromatic heterocycles. The second-order valence-corrected chi connectivity index (χ2v) is 10.4. The van der Waals surface area contributed by atoms with Gasteiger partial charge in [0.05, 0.1) is 10.8 Å². The molecule has 1 unspecified atom stereocenters. The molecule has 0 aliphatic rings. The summed E-state index contributed by atoms with van der Waals surface area (Å²) in [6, 6.07) is 4.16. The lowest BCUT2D eigenvalue weighted by Gasteiger charge is -2.18. The molecular weight excluding hydrogens is 433 g/mol. The number of ketones is 1. The lowest BCUT2D eigenvalue weighted by molar-refractivity contribution is 0.100. The van der Waals surface area contributed by atoms with Crippen LogP contribution in [0.25, 0.3) is 0 Å². The van der Waals surface area contributed by atoms with E-state index in [4.69, 9.17) is 34.8 Å². The van der Waals surface area contributed by atoms with Crippen LogP contribution in [0.15, 0.2) is 18.2 Å². The molecule has 0 bridgehead atoms. The summed E-state index contributed by atoms with van der Waals surface area (Å²) in [5, 5.41) is 0.420. The average molecular weight is 442 g/mol. The van der Waals surface area contributed by atoms with Crippen molar-refractivity contribution in [1.29, 1.82) is 0 Å². The van der Waals surface area contributed by atoms with Crippen LogP contribution in [-0.2, 0) is 9.84 Å². The van der Waals surface area contributed by atoms with Crippen molar-refractivity contribution in [3.63, 3.8) is 0 Å². The molecule has 0 saturated heterocycles. The fraction of sp³-hybridized carbons (Fsp3) is 0.300. The highest BCUT2D eigenvalue weighted by Crippen LogP contribution is 2.37. The minimum atomic E-state index is -3.76. The van der Waals surface area contributed by atoms with Crippen molar-refractivity contribution < 1.29 is 13.2 Å². The summed E-state index contributed by atoms with van der Waals surface area (Å²) >= 11 is 18.9. The first-order valence-electron chi connectivity index (χ1n) is 4.73. The molecule has 100 valence electrons. The molecule has 1 aromatic carbocycles. The van der Waals surface area contributed by atoms with Gasteiger partial charge in [0.25, 0.3) is 2.21 Å². The second-order valence-electron chi connectivity index (χ2n) is 3.37. The van der Waals surface area contributed by atoms with Gasteiger partial charge in [0.2, 0.25) is 5.78 Å². The van der Waals surface area contributed by atoms with Crippen LogP contribution in [0.3, 0.4) is 0 Å². The van der Waals surface area contributed by atoms with Gasteiger partial charge in [-0.2, -0.15) is 0 Å². The van der Waals surface area contributed by atoms with E-state index in [0.717, 1.165) is 0 Å². The van der Waals surface area contributed by atoms with Crippen molar-refractivity contribution in [3.8, 4) is 0 Å². The van der Waals surface area contributed by atoms with Gasteiger partial charge in [-0.15, -0.1) is 0 Å². The van der Waals surface area contributed by atoms with Crippen LogP contribution in [0.4, 0.5) is 0 Å². The van der Waals surface area contributed by atoms with Crippen LogP contribution in [-0.4, -0.2) is 22.2 Å². The molecule has 0 radical (unpaired) electrons. The van der Waals surface area contributed by atoms with Crippen LogP contribution in [0.2, 0.25) is 10.0 Å². The quantitative estimate of drug-likeness (QED) is 0.404. The van der Waals surface area contributed by atoms with E-state index in [1.165, 1.54) is 47.7 Å². The Morgan fingerprint density at radius 1 is 1.39 bits per heavy atom. The van der Waals surface area contributed by atoms with Gasteiger partial charge >= 0.3 is 0 Å². The molecule has 0 fully saturated rings. The number of sulfone groups is 1. The molecule has 1 rings (SSSR count). The Hall–Kier alpha value is 0.440. The van der Waals surface area contributed by atoms with Crippen LogP contribution in [0, 0.1) is 0 Å². The van der Waals surface area contributed by atoms with Gasteiger partial charge in [-0.25, -0.2) is 8.42 Å². The summed E-state index contributed by atoms with van der Waals surface area (Å²) in [5.74, 6) is -1.01. The maximum absolute atomic E-state index is 12.2. The SMILES string of the molecule is CCS(=O)(=O)C(Cl)(I)C(=O)c1ccc(Cl)cc1Cl. The van der Waals surface area contributed by atoms with E-state index < -0.39 is 17.8 Å². The van der Waals surface area contributed by atoms with E-state index in [0.29, 0.717) is 5.02 Å². The second kappa shape index (κ2) is 5.83. The van der Waals surface area contributed by atoms with Gasteiger partial charge in [0.15, 0.2) is 9.84 Å². The lowest BCUT2D eigenvalue weighted by atomic mass is 10.1. The monoisotopic (exact) mass is 440 g/mol. The Kier molecular flexibility index (Phi) is 5.34. The van der Waals surface area contributed by atoms with E-state index >= 15 is 0 Å². The number of hydrogen-bond donors (Lipinski definition) is 0. The van der Waals surface area contributed by atoms with Gasteiger partial charge in [-0.1, -0.05) is 41.7 Å². The molecule has 0 spiro atoms. The summed E-state index contributed by atoms with van der Waals surface area (Å²) < 4.78 is 21.5. The summed E-state index contributed by atoms with van der Waals surface area (Å²) in [6.07, 6.45) is 0. The number of carbonyl (C=O) groups is 1. The predicted octanol–water partition coefficient (Wildman–Crippen LogP) is 3.94. The van der Waals surface area contributed by atoms with Gasteiger partial charge in [-0.05, 0) is 40.8 Å². The standard InChI is InChI=1S/C10H8Cl3IO3S/c1-2-18(16,17)10(13,14)9(15)7-4-3-6(11)5-8(7)12/h3-5H,2H2,1H3. The van der Waals surface area contributed by atoms with E-state index in [9.17, 15) is 13.2 Å². The van der Waals surface area contributed by atoms with Crippen molar-refractivity contribution in [2.24, 2.45) is 0 Å². The summed E-state index contributed by atoms with van der Waals surface area (Å²) in [4.78, 5) is 12.2. The summed E-state index contributed by atoms with van der Waals surface area (Å²) in [6.45, 7) is 1.42. The van der Waals surface area contributed by atoms with Crippen LogP contribution in [0.5, 0.6) is 0 Å². The highest BCUT2D eigenvalue weighted by molar-refractivity contribution is 14.1. The van der Waals surface area contributed by atoms with Crippen molar-refractivity contribution in [1.82, 2.24) is 0 Å². The predicted molar refractivity (Wildman–Crippen MR) is 82.9 cm³/mol. The molecule has 8 heteroatoms. The zero-order chi connectivity index (χ0) is 14.1. The first kappa shape index (κ1) is 16.5. The molecule has 0 saturated carbocycles. The normalized spacial score (nSPS) is 15.2. The lowest BCUT2D eigenvalue weighted by Crippen LogP contribution is -2.36. The first-order chi connectivity index (χ1) is 8.13. The number of benzene rings is 1. The fourth-order valence-electron chi connectivity index (χ4n) is 1.15. The van der Waals surface area contributed by atoms with E-state index in [2.05, 4.69) is 0 Å². The molecule has 0 N–H and O–H groups in total. The zero-order valence-electron chi connectivity index (χ0n) is 9.08. The zero-order valence-corrected chi connectivity index (χ0v) is 14.3. The van der Waals surface area contributed by atoms with Crippen molar-refractivity contribution in [2.75, 3.05) is 5.75 Å². The van der Waals surface area contributed by atoms with Crippen molar-refractivity contribution in [2.45, 2.75) is 9.14 Å². The molecule has 0 aliphatic heterocycles. The highest BCUT2D eigenvalue weighted by atomic mass is 127. The number of Topliss-reactive ketones (excluding diaryl/α,β-unsaturated/α-hetero) is 1. The number of halogens is 4. The molecule has 0 amide bonds. The average Bonchev–Trinajstić information content (AvgIpc) is 2.28. The number of carbonyl (C=O) groups excluding carboxylic acids is 1. The maximum Gasteiger partial charge on any atom is 0.257 e. The van der Waals surface area contributed by atoms with Crippen molar-refractivity contribution in [3.05, 3.63) is 33.8 Å². The largest absolute Gasteiger partial charge is 0.290 e. The molecule has 1 aromatic rings. The Labute approximate surface area is 134 Å². The third-order valence-corrected chi connectivity index (χ3v) is 7.87. The topological polar surface area (TPSA) is 51.2 Å². The molecule has 0 heterocycles. The Bertz CT molecular complexity index is 584. The van der Waals surface area contributed by atoms with Gasteiger partial charge in [0, 0.05) is 10.6 Å². The molecule has 3 nitrogen and oxygen atoms in total. The Balaban J connectivity index is 3.31. The molecule has 1 atom stereocenters. The van der Waals surface area contributed by atoms with E-state index in [-0.39, 0.29) is 16.3 Å². The van der Waals surface area contributed by atoms with Gasteiger partial charge in [-0.3, -0.25) is 4.79 Å². The number of alkyl halides is 2. The van der Waals surface area contributed by atoms with E-state index in [1.54, 1.807) is 0 Å². The fourth-order valence-corrected chi connectivity index (χ4v) is 4.06. The molecule has 0 aliphatic carbocycles. The van der Waals surface area contributed by atoms with Crippen molar-refractivity contribution >= 4 is 73.0 Å². The Morgan fingerprint density at radius 2 is 1.94 bits per heavy atom. The summed E-state index contributed by atoms with van der Waals surface area (Å²) in [5.41, 5.74) is 0.0301. The maximum atomic E-state index is 12.2. The molecular formula is C10H8Cl3IO3S. The number of hydrogen-bond acceptors (Lipinski definition) is 3. The third kappa shape index (κ3) is 3.12. The highest BCUT2D eigenvalue weighted by Gasteiger charge is 2.46. The van der Waals surface area contributed by atoms with Crippen LogP contribution >= 0.6 is 57.4 Å². The third-order valence-electron chi connectivity index (χ3n) is 2.21. The minimum Gasteiger partial charge on any atom is -0.290 e. The van der Waals surface area contributed by atoms with Gasteiger partial charge in [0.1, 0.15) is 0 Å². The molecule has 18 heavy (non-hydrogen) atoms. The minimum absolute atomic E-state index is 0.0301. The van der Waals surface area contributed by atoms with Crippen LogP contribution < -0.4 is 0 Å². The first-order valence-corrected chi connectivity index (χ1v) is 8.60. The smallest absolute Gasteiger partial charge is 0.257 e. The Morgan fingerprint density at radius 3 is 2.39 bits per heavy atom. The summed E-state index contributed by atoms with van der Waals surface area (Å²) in [7, 11) is -3.76.